The summed E-state index contributed by atoms with van der Waals surface area (Å²) in [6.07, 6.45) is 1.74. The summed E-state index contributed by atoms with van der Waals surface area (Å²) in [6, 6.07) is 8.62. The summed E-state index contributed by atoms with van der Waals surface area (Å²) in [4.78, 5) is 11.4. The predicted octanol–water partition coefficient (Wildman–Crippen LogP) is 5.70. The maximum atomic E-state index is 14.9. The van der Waals surface area contributed by atoms with Gasteiger partial charge >= 0.3 is 6.55 Å². The second-order valence-electron chi connectivity index (χ2n) is 9.50. The zero-order valence-electron chi connectivity index (χ0n) is 21.7. The zero-order valence-corrected chi connectivity index (χ0v) is 22.5. The Balaban J connectivity index is 1.56. The average molecular weight is 622 g/mol. The van der Waals surface area contributed by atoms with Gasteiger partial charge in [-0.1, -0.05) is 28.4 Å². The molecule has 2 atom stereocenters. The van der Waals surface area contributed by atoms with Gasteiger partial charge in [-0.15, -0.1) is 0 Å². The number of amides is 1. The van der Waals surface area contributed by atoms with E-state index in [1.165, 1.54) is 47.4 Å². The van der Waals surface area contributed by atoms with Gasteiger partial charge in [-0.3, -0.25) is 4.79 Å². The Kier molecular flexibility index (Phi) is 8.22. The number of alkyl halides is 4. The average Bonchev–Trinajstić information content (AvgIpc) is 3.63. The Morgan fingerprint density at radius 2 is 1.86 bits per heavy atom. The second-order valence-corrected chi connectivity index (χ2v) is 9.91. The van der Waals surface area contributed by atoms with Gasteiger partial charge in [0.1, 0.15) is 17.6 Å². The van der Waals surface area contributed by atoms with Crippen LogP contribution in [-0.4, -0.2) is 32.8 Å². The van der Waals surface area contributed by atoms with Crippen molar-refractivity contribution >= 4 is 29.9 Å². The van der Waals surface area contributed by atoms with Gasteiger partial charge in [0.25, 0.3) is 24.1 Å². The van der Waals surface area contributed by atoms with E-state index in [2.05, 4.69) is 10.2 Å². The highest BCUT2D eigenvalue weighted by atomic mass is 35.5. The van der Waals surface area contributed by atoms with E-state index in [-0.39, 0.29) is 28.9 Å². The third-order valence-corrected chi connectivity index (χ3v) is 7.13. The number of halogens is 7. The Morgan fingerprint density at radius 3 is 2.49 bits per heavy atom. The van der Waals surface area contributed by atoms with Gasteiger partial charge in [0, 0.05) is 23.4 Å². The van der Waals surface area contributed by atoms with Gasteiger partial charge in [-0.25, -0.2) is 22.2 Å². The lowest BCUT2D eigenvalue weighted by Crippen LogP contribution is -2.36. The van der Waals surface area contributed by atoms with Gasteiger partial charge in [0.2, 0.25) is 0 Å². The smallest absolute Gasteiger partial charge is 0.333 e. The van der Waals surface area contributed by atoms with Crippen molar-refractivity contribution in [2.45, 2.75) is 31.4 Å². The second kappa shape index (κ2) is 11.9. The minimum atomic E-state index is -3.06. The minimum Gasteiger partial charge on any atom is -0.618 e. The summed E-state index contributed by atoms with van der Waals surface area (Å²) in [5.41, 5.74) is 4.03. The number of nitrogens with two attached hydrogens (primary N) is 1. The summed E-state index contributed by atoms with van der Waals surface area (Å²) in [7, 11) is 0. The van der Waals surface area contributed by atoms with E-state index < -0.39 is 58.6 Å². The van der Waals surface area contributed by atoms with Crippen molar-refractivity contribution in [2.75, 3.05) is 0 Å². The molecule has 8 nitrogen and oxygen atoms in total. The number of pyridine rings is 1. The van der Waals surface area contributed by atoms with E-state index in [0.29, 0.717) is 15.0 Å². The number of hydrogen-bond acceptors (Lipinski definition) is 4. The van der Waals surface area contributed by atoms with Crippen LogP contribution in [0.25, 0.3) is 11.1 Å². The van der Waals surface area contributed by atoms with E-state index >= 15 is 0 Å². The van der Waals surface area contributed by atoms with E-state index in [0.717, 1.165) is 30.6 Å². The monoisotopic (exact) mass is 621 g/mol. The van der Waals surface area contributed by atoms with E-state index in [1.54, 1.807) is 0 Å². The molecule has 4 aromatic rings. The molecule has 0 radical (unpaired) electrons. The van der Waals surface area contributed by atoms with Crippen LogP contribution in [0, 0.1) is 16.8 Å². The topological polar surface area (TPSA) is 103 Å². The summed E-state index contributed by atoms with van der Waals surface area (Å²) in [5, 5.41) is 21.1. The van der Waals surface area contributed by atoms with Crippen LogP contribution >= 0.6 is 11.6 Å². The highest BCUT2D eigenvalue weighted by Gasteiger charge is 2.37. The third-order valence-electron chi connectivity index (χ3n) is 6.84. The number of aromatic nitrogens is 3. The Morgan fingerprint density at radius 1 is 1.09 bits per heavy atom. The van der Waals surface area contributed by atoms with Crippen molar-refractivity contribution in [3.05, 3.63) is 111 Å². The summed E-state index contributed by atoms with van der Waals surface area (Å²) in [5.74, 6) is -3.54. The fourth-order valence-corrected chi connectivity index (χ4v) is 4.91. The number of hydrogen-bond donors (Lipinski definition) is 1. The molecule has 0 fully saturated rings. The number of primary amides is 1. The van der Waals surface area contributed by atoms with Crippen LogP contribution in [0.1, 0.15) is 57.8 Å². The number of rotatable bonds is 9. The fourth-order valence-electron chi connectivity index (χ4n) is 4.75. The van der Waals surface area contributed by atoms with Gasteiger partial charge in [-0.2, -0.15) is 18.6 Å². The predicted molar refractivity (Wildman–Crippen MR) is 143 cm³/mol. The molecule has 3 heterocycles. The lowest BCUT2D eigenvalue weighted by molar-refractivity contribution is -0.657. The van der Waals surface area contributed by atoms with Gasteiger partial charge in [-0.05, 0) is 41.0 Å². The molecule has 0 saturated carbocycles. The quantitative estimate of drug-likeness (QED) is 0.147. The summed E-state index contributed by atoms with van der Waals surface area (Å²) >= 11 is 5.82. The number of hydrazone groups is 1. The molecule has 5 rings (SSSR count). The van der Waals surface area contributed by atoms with Crippen LogP contribution in [0.15, 0.2) is 66.0 Å². The van der Waals surface area contributed by atoms with Crippen LogP contribution in [-0.2, 0) is 6.42 Å². The molecule has 1 aliphatic heterocycles. The van der Waals surface area contributed by atoms with E-state index in [4.69, 9.17) is 17.3 Å². The van der Waals surface area contributed by atoms with E-state index in [9.17, 15) is 36.3 Å². The molecule has 2 aromatic heterocycles. The van der Waals surface area contributed by atoms with Crippen LogP contribution in [0.3, 0.4) is 0 Å². The van der Waals surface area contributed by atoms with Crippen LogP contribution < -0.4 is 10.5 Å². The van der Waals surface area contributed by atoms with Crippen LogP contribution in [0.4, 0.5) is 26.3 Å². The number of carbonyl (C=O) groups excluding carboxylic acids is 1. The van der Waals surface area contributed by atoms with Crippen molar-refractivity contribution in [1.82, 2.24) is 9.78 Å². The third kappa shape index (κ3) is 5.95. The van der Waals surface area contributed by atoms with E-state index in [1.807, 2.05) is 0 Å². The Bertz CT molecular complexity index is 1780. The molecule has 0 spiro atoms. The Hall–Kier alpha value is -4.72. The molecule has 1 amide bonds. The molecule has 0 bridgehead atoms. The highest BCUT2D eigenvalue weighted by molar-refractivity contribution is 6.31. The zero-order chi connectivity index (χ0) is 31.0. The summed E-state index contributed by atoms with van der Waals surface area (Å²) in [6.45, 7) is -2.91. The highest BCUT2D eigenvalue weighted by Crippen LogP contribution is 2.36. The van der Waals surface area contributed by atoms with Crippen molar-refractivity contribution in [1.29, 1.82) is 0 Å². The molecule has 15 heteroatoms. The first-order chi connectivity index (χ1) is 20.4. The number of nitrogens with zero attached hydrogens (tertiary/aromatic N) is 5. The van der Waals surface area contributed by atoms with Crippen molar-refractivity contribution < 1.29 is 40.6 Å². The molecular weight excluding hydrogens is 602 g/mol. The fraction of sp³-hybridized carbons (Fsp3) is 0.179. The number of carbonyl (C=O) groups is 1. The first-order valence-electron chi connectivity index (χ1n) is 12.5. The van der Waals surface area contributed by atoms with Crippen molar-refractivity contribution in [3.63, 3.8) is 0 Å². The standard InChI is InChI=1S/C28H19ClF6N6O2/c29-20-5-4-19(26(32)33)24(25(20)31)15-2-6-22(41(43)13-15)23(10-17-7-8-39(38-17)28(34)35)40-12-16(11-37-40)14-1-3-18(27(36)42)21(30)9-14/h1-9,11-13,16,23,26,28H,10H2,(H-,36,42)/p+1/t16?,23-/m1/s1. The first kappa shape index (κ1) is 29.8. The van der Waals surface area contributed by atoms with Gasteiger partial charge in [0.15, 0.2) is 12.4 Å². The van der Waals surface area contributed by atoms with Crippen LogP contribution in [0.5, 0.6) is 0 Å². The lowest BCUT2D eigenvalue weighted by atomic mass is 9.98. The minimum absolute atomic E-state index is 0.0133. The largest absolute Gasteiger partial charge is 0.618 e. The molecule has 0 saturated heterocycles. The molecule has 1 aliphatic rings. The molecule has 43 heavy (non-hydrogen) atoms. The van der Waals surface area contributed by atoms with Crippen LogP contribution in [0.2, 0.25) is 5.02 Å². The van der Waals surface area contributed by atoms with Gasteiger partial charge < -0.3 is 10.9 Å². The van der Waals surface area contributed by atoms with Crippen molar-refractivity contribution in [2.24, 2.45) is 10.8 Å². The molecule has 2 N–H and O–H groups in total. The van der Waals surface area contributed by atoms with Crippen molar-refractivity contribution in [3.8, 4) is 11.1 Å². The Labute approximate surface area is 244 Å². The normalized spacial score (nSPS) is 15.4. The SMILES string of the molecule is NC(=O)c1ccc(C2C=N[N+]([C@H](Cc3ccn(C(F)F)n3)c3ccc(-c4c(C(F)F)ccc(Cl)c4F)c[n+]3[O-])=C2)cc1F. The molecular formula is C28H20ClF6N6O2+. The summed E-state index contributed by atoms with van der Waals surface area (Å²) < 4.78 is 85.1. The number of benzene rings is 2. The first-order valence-corrected chi connectivity index (χ1v) is 12.9. The lowest BCUT2D eigenvalue weighted by Gasteiger charge is -2.14. The molecule has 222 valence electrons. The maximum absolute atomic E-state index is 14.9. The molecule has 1 unspecified atom stereocenters. The maximum Gasteiger partial charge on any atom is 0.333 e. The van der Waals surface area contributed by atoms with Gasteiger partial charge in [0.05, 0.1) is 34.5 Å². The molecule has 0 aliphatic carbocycles. The molecule has 2 aromatic carbocycles.